The van der Waals surface area contributed by atoms with Crippen molar-refractivity contribution in [3.05, 3.63) is 137 Å². The number of carbonyl (C=O) groups excluding carboxylic acids is 2. The third-order valence-electron chi connectivity index (χ3n) is 4.70. The molecule has 0 aliphatic carbocycles. The molecular weight excluding hydrogens is 496 g/mol. The molecule has 4 rings (SSSR count). The van der Waals surface area contributed by atoms with Crippen molar-refractivity contribution >= 4 is 28.8 Å². The van der Waals surface area contributed by atoms with Crippen molar-refractivity contribution in [3.63, 3.8) is 0 Å². The normalized spacial score (nSPS) is 9.64. The maximum absolute atomic E-state index is 12.0. The highest BCUT2D eigenvalue weighted by molar-refractivity contribution is 6.09. The molecule has 0 saturated heterocycles. The molecule has 0 saturated carbocycles. The van der Waals surface area contributed by atoms with Crippen molar-refractivity contribution in [2.75, 3.05) is 6.61 Å². The van der Waals surface area contributed by atoms with Crippen LogP contribution in [0.2, 0.25) is 0 Å². The van der Waals surface area contributed by atoms with Crippen LogP contribution in [0.1, 0.15) is 29.3 Å². The maximum atomic E-state index is 12.0. The summed E-state index contributed by atoms with van der Waals surface area (Å²) >= 11 is 0. The zero-order valence-corrected chi connectivity index (χ0v) is 21.2. The maximum Gasteiger partial charge on any atom is 0.320 e. The van der Waals surface area contributed by atoms with E-state index in [0.29, 0.717) is 17.7 Å². The highest BCUT2D eigenvalue weighted by atomic mass is 16.6. The van der Waals surface area contributed by atoms with E-state index in [4.69, 9.17) is 5.26 Å². The SMILES string of the molecule is CCOC(=O)CC#N.O=C(c1ccccc1)c1ccc([N+](=O)[O-])cc1.c1ccc(N=Nc2ccccc2)cc1. The number of nitriles is 1. The minimum atomic E-state index is -0.489. The lowest BCUT2D eigenvalue weighted by Gasteiger charge is -2.00. The minimum absolute atomic E-state index is 0.0189. The molecule has 0 heterocycles. The van der Waals surface area contributed by atoms with Gasteiger partial charge < -0.3 is 4.74 Å². The smallest absolute Gasteiger partial charge is 0.320 e. The Balaban J connectivity index is 0.000000219. The number of nitro groups is 1. The number of azo groups is 1. The third-order valence-corrected chi connectivity index (χ3v) is 4.70. The topological polar surface area (TPSA) is 135 Å². The van der Waals surface area contributed by atoms with Crippen LogP contribution in [0.25, 0.3) is 0 Å². The highest BCUT2D eigenvalue weighted by Crippen LogP contribution is 2.17. The van der Waals surface area contributed by atoms with E-state index < -0.39 is 10.9 Å². The molecule has 9 heteroatoms. The van der Waals surface area contributed by atoms with Crippen LogP contribution in [0.3, 0.4) is 0 Å². The number of hydrogen-bond donors (Lipinski definition) is 0. The second-order valence-electron chi connectivity index (χ2n) is 7.51. The molecule has 0 unspecified atom stereocenters. The van der Waals surface area contributed by atoms with Gasteiger partial charge >= 0.3 is 5.97 Å². The van der Waals surface area contributed by atoms with Gasteiger partial charge in [-0.05, 0) is 43.3 Å². The number of nitro benzene ring substituents is 1. The Bertz CT molecular complexity index is 1340. The average Bonchev–Trinajstić information content (AvgIpc) is 2.98. The fourth-order valence-electron chi connectivity index (χ4n) is 2.87. The Labute approximate surface area is 226 Å². The molecular formula is C30H26N4O5. The van der Waals surface area contributed by atoms with Crippen LogP contribution in [0.5, 0.6) is 0 Å². The molecule has 0 radical (unpaired) electrons. The van der Waals surface area contributed by atoms with Crippen molar-refractivity contribution in [1.82, 2.24) is 0 Å². The van der Waals surface area contributed by atoms with Gasteiger partial charge in [0.1, 0.15) is 6.42 Å². The molecule has 0 fully saturated rings. The number of non-ortho nitro benzene ring substituents is 1. The molecule has 0 aromatic heterocycles. The first-order chi connectivity index (χ1) is 18.9. The highest BCUT2D eigenvalue weighted by Gasteiger charge is 2.10. The molecule has 0 spiro atoms. The van der Waals surface area contributed by atoms with Crippen molar-refractivity contribution in [3.8, 4) is 6.07 Å². The summed E-state index contributed by atoms with van der Waals surface area (Å²) in [5.74, 6) is -0.588. The van der Waals surface area contributed by atoms with E-state index in [1.54, 1.807) is 37.3 Å². The summed E-state index contributed by atoms with van der Waals surface area (Å²) in [7, 11) is 0. The van der Waals surface area contributed by atoms with E-state index in [0.717, 1.165) is 11.4 Å². The van der Waals surface area contributed by atoms with Gasteiger partial charge in [0, 0.05) is 23.3 Å². The van der Waals surface area contributed by atoms with Gasteiger partial charge in [0.25, 0.3) is 5.69 Å². The van der Waals surface area contributed by atoms with E-state index in [9.17, 15) is 19.7 Å². The van der Waals surface area contributed by atoms with E-state index >= 15 is 0 Å². The molecule has 0 atom stereocenters. The Morgan fingerprint density at radius 3 is 1.62 bits per heavy atom. The van der Waals surface area contributed by atoms with Crippen LogP contribution in [-0.2, 0) is 9.53 Å². The molecule has 196 valence electrons. The number of ketones is 1. The summed E-state index contributed by atoms with van der Waals surface area (Å²) in [4.78, 5) is 32.1. The minimum Gasteiger partial charge on any atom is -0.465 e. The summed E-state index contributed by atoms with van der Waals surface area (Å²) in [5, 5.41) is 26.6. The standard InChI is InChI=1S/C13H9NO3.C12H10N2.C5H7NO2/c15-13(10-4-2-1-3-5-10)11-6-8-12(9-7-11)14(16)17;1-3-7-11(8-4-1)13-14-12-9-5-2-6-10-12;1-2-8-5(7)3-4-6/h1-9H;1-10H;2-3H2,1H3. The Morgan fingerprint density at radius 1 is 0.769 bits per heavy atom. The van der Waals surface area contributed by atoms with Crippen LogP contribution in [-0.4, -0.2) is 23.3 Å². The fraction of sp³-hybridized carbons (Fsp3) is 0.100. The van der Waals surface area contributed by atoms with Crippen LogP contribution < -0.4 is 0 Å². The second-order valence-corrected chi connectivity index (χ2v) is 7.51. The van der Waals surface area contributed by atoms with E-state index in [-0.39, 0.29) is 17.9 Å². The van der Waals surface area contributed by atoms with Gasteiger partial charge in [0.05, 0.1) is 29.0 Å². The molecule has 4 aromatic carbocycles. The third kappa shape index (κ3) is 11.4. The molecule has 0 N–H and O–H groups in total. The quantitative estimate of drug-likeness (QED) is 0.0816. The van der Waals surface area contributed by atoms with E-state index in [1.807, 2.05) is 66.7 Å². The summed E-state index contributed by atoms with van der Waals surface area (Å²) in [5.41, 5.74) is 2.74. The van der Waals surface area contributed by atoms with Gasteiger partial charge in [-0.3, -0.25) is 19.7 Å². The van der Waals surface area contributed by atoms with Gasteiger partial charge in [0.2, 0.25) is 0 Å². The molecule has 9 nitrogen and oxygen atoms in total. The molecule has 0 aliphatic rings. The zero-order valence-electron chi connectivity index (χ0n) is 21.2. The average molecular weight is 523 g/mol. The lowest BCUT2D eigenvalue weighted by molar-refractivity contribution is -0.384. The number of carbonyl (C=O) groups is 2. The van der Waals surface area contributed by atoms with Crippen molar-refractivity contribution in [2.45, 2.75) is 13.3 Å². The first-order valence-electron chi connectivity index (χ1n) is 11.8. The number of esters is 1. The van der Waals surface area contributed by atoms with Gasteiger partial charge in [0.15, 0.2) is 5.78 Å². The first kappa shape index (κ1) is 29.7. The first-order valence-corrected chi connectivity index (χ1v) is 11.8. The van der Waals surface area contributed by atoms with Crippen LogP contribution in [0, 0.1) is 21.4 Å². The van der Waals surface area contributed by atoms with Crippen LogP contribution in [0.4, 0.5) is 17.1 Å². The van der Waals surface area contributed by atoms with Gasteiger partial charge in [-0.2, -0.15) is 15.5 Å². The number of ether oxygens (including phenoxy) is 1. The largest absolute Gasteiger partial charge is 0.465 e. The number of rotatable bonds is 7. The molecule has 0 bridgehead atoms. The predicted octanol–water partition coefficient (Wildman–Crippen LogP) is 7.39. The van der Waals surface area contributed by atoms with Gasteiger partial charge in [-0.15, -0.1) is 0 Å². The Morgan fingerprint density at radius 2 is 1.21 bits per heavy atom. The monoisotopic (exact) mass is 522 g/mol. The predicted molar refractivity (Wildman–Crippen MR) is 147 cm³/mol. The number of hydrogen-bond acceptors (Lipinski definition) is 8. The number of nitrogens with zero attached hydrogens (tertiary/aromatic N) is 4. The summed E-state index contributed by atoms with van der Waals surface area (Å²) < 4.78 is 4.42. The number of benzene rings is 4. The summed E-state index contributed by atoms with van der Waals surface area (Å²) in [6.45, 7) is 2.05. The Hall–Kier alpha value is -5.49. The van der Waals surface area contributed by atoms with Crippen molar-refractivity contribution in [1.29, 1.82) is 5.26 Å². The van der Waals surface area contributed by atoms with Crippen LogP contribution in [0.15, 0.2) is 125 Å². The molecule has 39 heavy (non-hydrogen) atoms. The molecule has 0 amide bonds. The molecule has 4 aromatic rings. The fourth-order valence-corrected chi connectivity index (χ4v) is 2.87. The Kier molecular flexibility index (Phi) is 13.0. The van der Waals surface area contributed by atoms with Crippen molar-refractivity contribution in [2.24, 2.45) is 10.2 Å². The van der Waals surface area contributed by atoms with E-state index in [2.05, 4.69) is 15.0 Å². The lowest BCUT2D eigenvalue weighted by Crippen LogP contribution is -2.01. The van der Waals surface area contributed by atoms with Crippen molar-refractivity contribution < 1.29 is 19.2 Å². The summed E-state index contributed by atoms with van der Waals surface area (Å²) in [6, 6.07) is 35.5. The molecule has 0 aliphatic heterocycles. The lowest BCUT2D eigenvalue weighted by atomic mass is 10.0. The zero-order chi connectivity index (χ0) is 28.3. The second kappa shape index (κ2) is 17.1. The van der Waals surface area contributed by atoms with E-state index in [1.165, 1.54) is 24.3 Å². The van der Waals surface area contributed by atoms with Gasteiger partial charge in [-0.1, -0.05) is 66.7 Å². The van der Waals surface area contributed by atoms with Gasteiger partial charge in [-0.25, -0.2) is 0 Å². The van der Waals surface area contributed by atoms with Crippen LogP contribution >= 0.6 is 0 Å². The summed E-state index contributed by atoms with van der Waals surface area (Å²) in [6.07, 6.45) is -0.145.